The van der Waals surface area contributed by atoms with Crippen LogP contribution >= 0.6 is 11.8 Å². The molecule has 2 heterocycles. The van der Waals surface area contributed by atoms with Gasteiger partial charge in [-0.2, -0.15) is 0 Å². The molecule has 0 radical (unpaired) electrons. The first kappa shape index (κ1) is 11.1. The molecule has 0 aromatic carbocycles. The lowest BCUT2D eigenvalue weighted by molar-refractivity contribution is 0.195. The Morgan fingerprint density at radius 1 is 1.12 bits per heavy atom. The molecule has 0 spiro atoms. The molecule has 1 N–H and O–H groups in total. The van der Waals surface area contributed by atoms with Crippen molar-refractivity contribution in [2.24, 2.45) is 0 Å². The third kappa shape index (κ3) is 2.59. The molecule has 2 rings (SSSR count). The van der Waals surface area contributed by atoms with Crippen LogP contribution in [-0.4, -0.2) is 15.1 Å². The number of aliphatic hydroxyl groups excluding tert-OH is 1. The molecule has 0 bridgehead atoms. The van der Waals surface area contributed by atoms with Gasteiger partial charge in [-0.05, 0) is 36.9 Å². The van der Waals surface area contributed by atoms with Crippen molar-refractivity contribution in [2.45, 2.75) is 23.1 Å². The first-order valence-corrected chi connectivity index (χ1v) is 5.81. The van der Waals surface area contributed by atoms with E-state index in [2.05, 4.69) is 9.97 Å². The molecule has 3 nitrogen and oxygen atoms in total. The Labute approximate surface area is 98.6 Å². The molecule has 0 aliphatic rings. The summed E-state index contributed by atoms with van der Waals surface area (Å²) in [6.45, 7) is 1.74. The highest BCUT2D eigenvalue weighted by molar-refractivity contribution is 7.99. The van der Waals surface area contributed by atoms with Gasteiger partial charge in [0.05, 0.1) is 6.10 Å². The smallest absolute Gasteiger partial charge is 0.108 e. The van der Waals surface area contributed by atoms with Gasteiger partial charge in [0.25, 0.3) is 0 Å². The van der Waals surface area contributed by atoms with Crippen LogP contribution in [0.25, 0.3) is 0 Å². The van der Waals surface area contributed by atoms with E-state index in [9.17, 15) is 5.11 Å². The summed E-state index contributed by atoms with van der Waals surface area (Å²) < 4.78 is 0. The van der Waals surface area contributed by atoms with E-state index in [0.717, 1.165) is 15.6 Å². The molecule has 82 valence electrons. The van der Waals surface area contributed by atoms with Gasteiger partial charge >= 0.3 is 0 Å². The Hall–Kier alpha value is -1.39. The van der Waals surface area contributed by atoms with Crippen molar-refractivity contribution in [1.29, 1.82) is 0 Å². The van der Waals surface area contributed by atoms with E-state index in [1.54, 1.807) is 19.3 Å². The molecule has 1 atom stereocenters. The second kappa shape index (κ2) is 5.09. The molecule has 0 fully saturated rings. The Kier molecular flexibility index (Phi) is 3.54. The van der Waals surface area contributed by atoms with Gasteiger partial charge in [-0.25, -0.2) is 9.97 Å². The summed E-state index contributed by atoms with van der Waals surface area (Å²) >= 11 is 1.46. The quantitative estimate of drug-likeness (QED) is 0.883. The zero-order valence-electron chi connectivity index (χ0n) is 8.87. The fourth-order valence-electron chi connectivity index (χ4n) is 1.31. The van der Waals surface area contributed by atoms with Crippen molar-refractivity contribution in [1.82, 2.24) is 9.97 Å². The van der Waals surface area contributed by atoms with E-state index < -0.39 is 6.10 Å². The summed E-state index contributed by atoms with van der Waals surface area (Å²) in [6, 6.07) is 9.43. The van der Waals surface area contributed by atoms with Crippen LogP contribution < -0.4 is 0 Å². The lowest BCUT2D eigenvalue weighted by Crippen LogP contribution is -1.96. The lowest BCUT2D eigenvalue weighted by atomic mass is 10.2. The van der Waals surface area contributed by atoms with E-state index >= 15 is 0 Å². The summed E-state index contributed by atoms with van der Waals surface area (Å²) in [5.74, 6) is 0. The summed E-state index contributed by atoms with van der Waals surface area (Å²) in [5.41, 5.74) is 0.832. The van der Waals surface area contributed by atoms with E-state index in [1.165, 1.54) is 11.8 Å². The summed E-state index contributed by atoms with van der Waals surface area (Å²) in [6.07, 6.45) is 2.95. The molecule has 0 saturated heterocycles. The van der Waals surface area contributed by atoms with Crippen LogP contribution in [0.15, 0.2) is 52.8 Å². The average molecular weight is 232 g/mol. The van der Waals surface area contributed by atoms with Gasteiger partial charge in [0, 0.05) is 18.0 Å². The minimum atomic E-state index is -0.514. The van der Waals surface area contributed by atoms with Gasteiger partial charge in [0.2, 0.25) is 0 Å². The Morgan fingerprint density at radius 3 is 2.62 bits per heavy atom. The predicted molar refractivity (Wildman–Crippen MR) is 63.2 cm³/mol. The molecular weight excluding hydrogens is 220 g/mol. The van der Waals surface area contributed by atoms with Crippen molar-refractivity contribution in [3.63, 3.8) is 0 Å². The number of nitrogens with zero attached hydrogens (tertiary/aromatic N) is 2. The van der Waals surface area contributed by atoms with Crippen molar-refractivity contribution in [2.75, 3.05) is 0 Å². The number of rotatable bonds is 3. The Morgan fingerprint density at radius 2 is 1.94 bits per heavy atom. The predicted octanol–water partition coefficient (Wildman–Crippen LogP) is 2.68. The fourth-order valence-corrected chi connectivity index (χ4v) is 2.24. The topological polar surface area (TPSA) is 46.0 Å². The fraction of sp³-hybridized carbons (Fsp3) is 0.167. The molecule has 0 saturated carbocycles. The highest BCUT2D eigenvalue weighted by atomic mass is 32.2. The van der Waals surface area contributed by atoms with E-state index in [-0.39, 0.29) is 0 Å². The van der Waals surface area contributed by atoms with Crippen LogP contribution in [0.5, 0.6) is 0 Å². The minimum Gasteiger partial charge on any atom is -0.389 e. The molecule has 1 unspecified atom stereocenters. The Balaban J connectivity index is 2.28. The number of aliphatic hydroxyl groups is 1. The van der Waals surface area contributed by atoms with Gasteiger partial charge in [0.15, 0.2) is 0 Å². The zero-order chi connectivity index (χ0) is 11.4. The molecular formula is C12H12N2OS. The number of pyridine rings is 2. The number of aromatic nitrogens is 2. The van der Waals surface area contributed by atoms with Gasteiger partial charge in [0.1, 0.15) is 10.1 Å². The first-order chi connectivity index (χ1) is 7.77. The molecule has 2 aromatic rings. The van der Waals surface area contributed by atoms with Crippen LogP contribution in [0.4, 0.5) is 0 Å². The van der Waals surface area contributed by atoms with Gasteiger partial charge in [-0.3, -0.25) is 0 Å². The van der Waals surface area contributed by atoms with Crippen molar-refractivity contribution in [3.8, 4) is 0 Å². The van der Waals surface area contributed by atoms with Gasteiger partial charge in [-0.1, -0.05) is 12.1 Å². The van der Waals surface area contributed by atoms with Crippen LogP contribution in [0, 0.1) is 0 Å². The normalized spacial score (nSPS) is 12.4. The third-order valence-electron chi connectivity index (χ3n) is 2.09. The maximum absolute atomic E-state index is 9.61. The second-order valence-corrected chi connectivity index (χ2v) is 4.35. The van der Waals surface area contributed by atoms with Crippen molar-refractivity contribution >= 4 is 11.8 Å². The van der Waals surface area contributed by atoms with Crippen molar-refractivity contribution in [3.05, 3.63) is 48.3 Å². The molecule has 0 aliphatic carbocycles. The van der Waals surface area contributed by atoms with Crippen LogP contribution in [0.1, 0.15) is 18.6 Å². The number of hydrogen-bond acceptors (Lipinski definition) is 4. The maximum Gasteiger partial charge on any atom is 0.108 e. The minimum absolute atomic E-state index is 0.514. The van der Waals surface area contributed by atoms with E-state index in [1.807, 2.05) is 30.3 Å². The second-order valence-electron chi connectivity index (χ2n) is 3.34. The summed E-state index contributed by atoms with van der Waals surface area (Å²) in [5, 5.41) is 11.3. The third-order valence-corrected chi connectivity index (χ3v) is 3.07. The Bertz CT molecular complexity index is 460. The van der Waals surface area contributed by atoms with Gasteiger partial charge in [-0.15, -0.1) is 0 Å². The largest absolute Gasteiger partial charge is 0.389 e. The monoisotopic (exact) mass is 232 g/mol. The highest BCUT2D eigenvalue weighted by Gasteiger charge is 2.10. The molecule has 0 aliphatic heterocycles. The standard InChI is InChI=1S/C12H12N2OS/c1-9(15)10-5-4-8-14-12(10)16-11-6-2-3-7-13-11/h2-9,15H,1H3. The molecule has 4 heteroatoms. The van der Waals surface area contributed by atoms with E-state index in [0.29, 0.717) is 0 Å². The van der Waals surface area contributed by atoms with Crippen LogP contribution in [-0.2, 0) is 0 Å². The summed E-state index contributed by atoms with van der Waals surface area (Å²) in [7, 11) is 0. The van der Waals surface area contributed by atoms with Crippen LogP contribution in [0.3, 0.4) is 0 Å². The van der Waals surface area contributed by atoms with E-state index in [4.69, 9.17) is 0 Å². The van der Waals surface area contributed by atoms with Crippen molar-refractivity contribution < 1.29 is 5.11 Å². The summed E-state index contributed by atoms with van der Waals surface area (Å²) in [4.78, 5) is 8.47. The molecule has 16 heavy (non-hydrogen) atoms. The first-order valence-electron chi connectivity index (χ1n) is 4.99. The average Bonchev–Trinajstić information content (AvgIpc) is 2.31. The van der Waals surface area contributed by atoms with Gasteiger partial charge < -0.3 is 5.11 Å². The zero-order valence-corrected chi connectivity index (χ0v) is 9.69. The maximum atomic E-state index is 9.61. The molecule has 0 amide bonds. The lowest BCUT2D eigenvalue weighted by Gasteiger charge is -2.09. The molecule has 2 aromatic heterocycles. The highest BCUT2D eigenvalue weighted by Crippen LogP contribution is 2.29. The van der Waals surface area contributed by atoms with Crippen LogP contribution in [0.2, 0.25) is 0 Å². The number of hydrogen-bond donors (Lipinski definition) is 1. The SMILES string of the molecule is CC(O)c1cccnc1Sc1ccccn1.